The zero-order valence-corrected chi connectivity index (χ0v) is 12.4. The zero-order valence-electron chi connectivity index (χ0n) is 11.5. The van der Waals surface area contributed by atoms with Crippen LogP contribution in [0.15, 0.2) is 29.9 Å². The number of nitrogens with zero attached hydrogens (tertiary/aromatic N) is 2. The molecular weight excluding hydrogens is 254 g/mol. The first-order valence-corrected chi connectivity index (χ1v) is 7.88. The van der Waals surface area contributed by atoms with Gasteiger partial charge in [0.25, 0.3) is 0 Å². The summed E-state index contributed by atoms with van der Waals surface area (Å²) < 4.78 is 2.12. The maximum Gasteiger partial charge on any atom is 0.131 e. The molecule has 2 aromatic rings. The second-order valence-electron chi connectivity index (χ2n) is 5.63. The minimum absolute atomic E-state index is 0.232. The van der Waals surface area contributed by atoms with Crippen molar-refractivity contribution in [1.29, 1.82) is 0 Å². The van der Waals surface area contributed by atoms with Crippen LogP contribution in [0.3, 0.4) is 0 Å². The van der Waals surface area contributed by atoms with Crippen LogP contribution in [0.5, 0.6) is 0 Å². The van der Waals surface area contributed by atoms with Gasteiger partial charge in [0.1, 0.15) is 11.9 Å². The first kappa shape index (κ1) is 12.9. The summed E-state index contributed by atoms with van der Waals surface area (Å²) in [4.78, 5) is 5.90. The van der Waals surface area contributed by atoms with Crippen LogP contribution in [0.2, 0.25) is 0 Å². The first-order valence-electron chi connectivity index (χ1n) is 7.00. The van der Waals surface area contributed by atoms with Crippen molar-refractivity contribution in [2.24, 2.45) is 13.0 Å². The van der Waals surface area contributed by atoms with Crippen molar-refractivity contribution in [2.45, 2.75) is 38.3 Å². The summed E-state index contributed by atoms with van der Waals surface area (Å²) in [6, 6.07) is 5.18. The number of nitrogens with one attached hydrogen (secondary N) is 1. The average Bonchev–Trinajstić information content (AvgIpc) is 3.08. The van der Waals surface area contributed by atoms with Gasteiger partial charge in [-0.05, 0) is 36.6 Å². The van der Waals surface area contributed by atoms with E-state index in [1.54, 1.807) is 11.3 Å². The van der Waals surface area contributed by atoms with Gasteiger partial charge in [-0.15, -0.1) is 11.3 Å². The Morgan fingerprint density at radius 2 is 2.37 bits per heavy atom. The van der Waals surface area contributed by atoms with E-state index in [0.29, 0.717) is 6.04 Å². The molecule has 0 radical (unpaired) electrons. The van der Waals surface area contributed by atoms with Gasteiger partial charge in [0, 0.05) is 30.4 Å². The zero-order chi connectivity index (χ0) is 13.2. The predicted molar refractivity (Wildman–Crippen MR) is 79.3 cm³/mol. The monoisotopic (exact) mass is 275 g/mol. The number of thiophene rings is 1. The maximum atomic E-state index is 4.54. The number of hydrogen-bond donors (Lipinski definition) is 1. The van der Waals surface area contributed by atoms with Crippen LogP contribution in [0.1, 0.15) is 42.9 Å². The van der Waals surface area contributed by atoms with Crippen LogP contribution >= 0.6 is 11.3 Å². The van der Waals surface area contributed by atoms with Crippen molar-refractivity contribution in [3.8, 4) is 0 Å². The highest BCUT2D eigenvalue weighted by molar-refractivity contribution is 7.10. The van der Waals surface area contributed by atoms with Crippen molar-refractivity contribution >= 4 is 11.3 Å². The molecule has 102 valence electrons. The van der Waals surface area contributed by atoms with Crippen molar-refractivity contribution in [1.82, 2.24) is 14.9 Å². The van der Waals surface area contributed by atoms with Crippen LogP contribution in [0.4, 0.5) is 0 Å². The Bertz CT molecular complexity index is 517. The number of rotatable bonds is 4. The molecule has 3 nitrogen and oxygen atoms in total. The first-order chi connectivity index (χ1) is 9.24. The molecule has 2 aromatic heterocycles. The summed E-state index contributed by atoms with van der Waals surface area (Å²) in [5, 5.41) is 5.96. The lowest BCUT2D eigenvalue weighted by Gasteiger charge is -2.22. The van der Waals surface area contributed by atoms with Gasteiger partial charge in [0.15, 0.2) is 0 Å². The Morgan fingerprint density at radius 3 is 2.95 bits per heavy atom. The van der Waals surface area contributed by atoms with Gasteiger partial charge < -0.3 is 9.88 Å². The average molecular weight is 275 g/mol. The SMILES string of the molecule is CC1CCC(NC(c2cccs2)c2nccn2C)C1. The summed E-state index contributed by atoms with van der Waals surface area (Å²) >= 11 is 1.81. The molecule has 3 rings (SSSR count). The van der Waals surface area contributed by atoms with Crippen LogP contribution in [-0.2, 0) is 7.05 Å². The Balaban J connectivity index is 1.83. The van der Waals surface area contributed by atoms with Gasteiger partial charge in [0.2, 0.25) is 0 Å². The number of aromatic nitrogens is 2. The summed E-state index contributed by atoms with van der Waals surface area (Å²) in [5.74, 6) is 1.96. The van der Waals surface area contributed by atoms with Crippen LogP contribution < -0.4 is 5.32 Å². The Morgan fingerprint density at radius 1 is 1.47 bits per heavy atom. The van der Waals surface area contributed by atoms with E-state index in [-0.39, 0.29) is 6.04 Å². The highest BCUT2D eigenvalue weighted by Crippen LogP contribution is 2.30. The number of aryl methyl sites for hydroxylation is 1. The maximum absolute atomic E-state index is 4.54. The van der Waals surface area contributed by atoms with Gasteiger partial charge in [-0.25, -0.2) is 4.98 Å². The summed E-state index contributed by atoms with van der Waals surface area (Å²) in [7, 11) is 2.07. The quantitative estimate of drug-likeness (QED) is 0.927. The molecule has 0 aromatic carbocycles. The van der Waals surface area contributed by atoms with E-state index in [0.717, 1.165) is 11.7 Å². The van der Waals surface area contributed by atoms with Crippen LogP contribution in [-0.4, -0.2) is 15.6 Å². The molecule has 4 heteroatoms. The van der Waals surface area contributed by atoms with E-state index in [4.69, 9.17) is 0 Å². The second kappa shape index (κ2) is 5.47. The molecule has 3 unspecified atom stereocenters. The fourth-order valence-electron chi connectivity index (χ4n) is 2.99. The van der Waals surface area contributed by atoms with E-state index in [1.807, 2.05) is 12.4 Å². The Kier molecular flexibility index (Phi) is 3.71. The Hall–Kier alpha value is -1.13. The third-order valence-corrected chi connectivity index (χ3v) is 4.98. The summed E-state index contributed by atoms with van der Waals surface area (Å²) in [6.07, 6.45) is 7.82. The molecule has 1 fully saturated rings. The summed E-state index contributed by atoms with van der Waals surface area (Å²) in [6.45, 7) is 2.35. The molecule has 0 saturated heterocycles. The lowest BCUT2D eigenvalue weighted by Crippen LogP contribution is -2.32. The minimum atomic E-state index is 0.232. The van der Waals surface area contributed by atoms with Gasteiger partial charge in [-0.2, -0.15) is 0 Å². The molecule has 2 heterocycles. The number of hydrogen-bond acceptors (Lipinski definition) is 3. The van der Waals surface area contributed by atoms with Crippen molar-refractivity contribution in [3.63, 3.8) is 0 Å². The van der Waals surface area contributed by atoms with E-state index in [9.17, 15) is 0 Å². The number of imidazole rings is 1. The normalized spacial score (nSPS) is 24.7. The molecule has 0 spiro atoms. The molecule has 1 saturated carbocycles. The highest BCUT2D eigenvalue weighted by Gasteiger charge is 2.27. The molecule has 19 heavy (non-hydrogen) atoms. The van der Waals surface area contributed by atoms with E-state index in [2.05, 4.69) is 46.4 Å². The second-order valence-corrected chi connectivity index (χ2v) is 6.61. The van der Waals surface area contributed by atoms with E-state index >= 15 is 0 Å². The fourth-order valence-corrected chi connectivity index (χ4v) is 3.77. The third-order valence-electron chi connectivity index (χ3n) is 4.04. The van der Waals surface area contributed by atoms with Crippen LogP contribution in [0, 0.1) is 5.92 Å². The van der Waals surface area contributed by atoms with E-state index in [1.165, 1.54) is 24.1 Å². The van der Waals surface area contributed by atoms with Gasteiger partial charge >= 0.3 is 0 Å². The lowest BCUT2D eigenvalue weighted by atomic mass is 10.1. The fraction of sp³-hybridized carbons (Fsp3) is 0.533. The van der Waals surface area contributed by atoms with Gasteiger partial charge in [-0.1, -0.05) is 13.0 Å². The molecule has 1 N–H and O–H groups in total. The Labute approximate surface area is 118 Å². The standard InChI is InChI=1S/C15H21N3S/c1-11-5-6-12(10-11)17-14(13-4-3-9-19-13)15-16-7-8-18(15)2/h3-4,7-9,11-12,14,17H,5-6,10H2,1-2H3. The molecule has 0 aliphatic heterocycles. The molecular formula is C15H21N3S. The molecule has 1 aliphatic carbocycles. The van der Waals surface area contributed by atoms with Gasteiger partial charge in [-0.3, -0.25) is 0 Å². The van der Waals surface area contributed by atoms with Crippen molar-refractivity contribution < 1.29 is 0 Å². The van der Waals surface area contributed by atoms with Crippen molar-refractivity contribution in [3.05, 3.63) is 40.6 Å². The third kappa shape index (κ3) is 2.74. The highest BCUT2D eigenvalue weighted by atomic mass is 32.1. The molecule has 0 amide bonds. The molecule has 1 aliphatic rings. The molecule has 0 bridgehead atoms. The largest absolute Gasteiger partial charge is 0.336 e. The predicted octanol–water partition coefficient (Wildman–Crippen LogP) is 3.35. The minimum Gasteiger partial charge on any atom is -0.336 e. The smallest absolute Gasteiger partial charge is 0.131 e. The van der Waals surface area contributed by atoms with E-state index < -0.39 is 0 Å². The van der Waals surface area contributed by atoms with Crippen LogP contribution in [0.25, 0.3) is 0 Å². The van der Waals surface area contributed by atoms with Gasteiger partial charge in [0.05, 0.1) is 0 Å². The van der Waals surface area contributed by atoms with Crippen molar-refractivity contribution in [2.75, 3.05) is 0 Å². The summed E-state index contributed by atoms with van der Waals surface area (Å²) in [5.41, 5.74) is 0. The lowest BCUT2D eigenvalue weighted by molar-refractivity contribution is 0.451. The molecule has 3 atom stereocenters. The topological polar surface area (TPSA) is 29.9 Å².